The van der Waals surface area contributed by atoms with Crippen LogP contribution in [-0.4, -0.2) is 52.0 Å². The van der Waals surface area contributed by atoms with Crippen LogP contribution in [0.4, 0.5) is 0 Å². The maximum atomic E-state index is 11.6. The fourth-order valence-corrected chi connectivity index (χ4v) is 1.83. The number of para-hydroxylation sites is 2. The second-order valence-electron chi connectivity index (χ2n) is 4.47. The van der Waals surface area contributed by atoms with Crippen LogP contribution in [0.25, 0.3) is 0 Å². The van der Waals surface area contributed by atoms with Crippen LogP contribution in [0.3, 0.4) is 0 Å². The van der Waals surface area contributed by atoms with Gasteiger partial charge in [-0.05, 0) is 12.1 Å². The highest BCUT2D eigenvalue weighted by Gasteiger charge is 2.20. The first-order chi connectivity index (χ1) is 9.79. The number of methoxy groups -OCH3 is 1. The molecule has 0 saturated carbocycles. The third-order valence-electron chi connectivity index (χ3n) is 2.86. The van der Waals surface area contributed by atoms with E-state index >= 15 is 0 Å². The summed E-state index contributed by atoms with van der Waals surface area (Å²) in [5.74, 6) is 1.40. The van der Waals surface area contributed by atoms with Gasteiger partial charge in [-0.2, -0.15) is 0 Å². The summed E-state index contributed by atoms with van der Waals surface area (Å²) in [7, 11) is 1.63. The fourth-order valence-electron chi connectivity index (χ4n) is 1.83. The van der Waals surface area contributed by atoms with Crippen molar-refractivity contribution in [2.45, 2.75) is 6.10 Å². The van der Waals surface area contributed by atoms with Gasteiger partial charge < -0.3 is 24.8 Å². The highest BCUT2D eigenvalue weighted by molar-refractivity contribution is 5.78. The zero-order valence-corrected chi connectivity index (χ0v) is 11.6. The molecule has 1 unspecified atom stereocenters. The van der Waals surface area contributed by atoms with Crippen LogP contribution in [0.5, 0.6) is 11.5 Å². The van der Waals surface area contributed by atoms with Crippen molar-refractivity contribution in [1.82, 2.24) is 10.6 Å². The summed E-state index contributed by atoms with van der Waals surface area (Å²) in [4.78, 5) is 11.6. The Bertz CT molecular complexity index is 439. The Morgan fingerprint density at radius 3 is 3.00 bits per heavy atom. The number of carbonyl (C=O) groups is 1. The highest BCUT2D eigenvalue weighted by Crippen LogP contribution is 2.30. The molecule has 0 radical (unpaired) electrons. The minimum Gasteiger partial charge on any atom is -0.486 e. The topological polar surface area (TPSA) is 68.8 Å². The Hall–Kier alpha value is -1.79. The summed E-state index contributed by atoms with van der Waals surface area (Å²) in [6.45, 7) is 2.38. The van der Waals surface area contributed by atoms with Gasteiger partial charge in [0.2, 0.25) is 5.91 Å². The molecule has 0 bridgehead atoms. The van der Waals surface area contributed by atoms with Gasteiger partial charge in [0.1, 0.15) is 12.7 Å². The van der Waals surface area contributed by atoms with E-state index in [0.717, 1.165) is 11.5 Å². The Morgan fingerprint density at radius 1 is 1.40 bits per heavy atom. The molecule has 20 heavy (non-hydrogen) atoms. The number of hydrogen-bond acceptors (Lipinski definition) is 5. The molecule has 1 amide bonds. The van der Waals surface area contributed by atoms with Gasteiger partial charge in [-0.1, -0.05) is 12.1 Å². The van der Waals surface area contributed by atoms with Crippen molar-refractivity contribution in [3.05, 3.63) is 24.3 Å². The number of fused-ring (bicyclic) bond motifs is 1. The molecule has 1 aliphatic rings. The molecule has 2 rings (SSSR count). The number of benzene rings is 1. The van der Waals surface area contributed by atoms with E-state index in [2.05, 4.69) is 10.6 Å². The standard InChI is InChI=1S/C14H20N2O4/c1-18-7-6-15-9-14(17)16-8-11-10-19-12-4-2-3-5-13(12)20-11/h2-5,11,15H,6-10H2,1H3,(H,16,17). The minimum absolute atomic E-state index is 0.0661. The summed E-state index contributed by atoms with van der Waals surface area (Å²) in [5.41, 5.74) is 0. The Morgan fingerprint density at radius 2 is 2.20 bits per heavy atom. The number of amides is 1. The quantitative estimate of drug-likeness (QED) is 0.697. The second-order valence-corrected chi connectivity index (χ2v) is 4.47. The Labute approximate surface area is 118 Å². The van der Waals surface area contributed by atoms with Crippen molar-refractivity contribution in [3.8, 4) is 11.5 Å². The molecule has 6 heteroatoms. The minimum atomic E-state index is -0.159. The monoisotopic (exact) mass is 280 g/mol. The maximum absolute atomic E-state index is 11.6. The smallest absolute Gasteiger partial charge is 0.234 e. The van der Waals surface area contributed by atoms with Crippen LogP contribution in [-0.2, 0) is 9.53 Å². The third-order valence-corrected chi connectivity index (χ3v) is 2.86. The number of carbonyl (C=O) groups excluding carboxylic acids is 1. The molecule has 1 atom stereocenters. The van der Waals surface area contributed by atoms with Gasteiger partial charge in [-0.25, -0.2) is 0 Å². The predicted octanol–water partition coefficient (Wildman–Crippen LogP) is 0.179. The first-order valence-electron chi connectivity index (χ1n) is 6.64. The molecule has 6 nitrogen and oxygen atoms in total. The SMILES string of the molecule is COCCNCC(=O)NCC1COc2ccccc2O1. The molecule has 0 aliphatic carbocycles. The summed E-state index contributed by atoms with van der Waals surface area (Å²) < 4.78 is 16.2. The van der Waals surface area contributed by atoms with Crippen molar-refractivity contribution in [1.29, 1.82) is 0 Å². The van der Waals surface area contributed by atoms with E-state index < -0.39 is 0 Å². The molecule has 1 heterocycles. The lowest BCUT2D eigenvalue weighted by molar-refractivity contribution is -0.120. The molecule has 1 aliphatic heterocycles. The summed E-state index contributed by atoms with van der Waals surface area (Å²) >= 11 is 0. The van der Waals surface area contributed by atoms with Gasteiger partial charge in [0.15, 0.2) is 11.5 Å². The number of ether oxygens (including phenoxy) is 3. The van der Waals surface area contributed by atoms with Crippen LogP contribution >= 0.6 is 0 Å². The van der Waals surface area contributed by atoms with E-state index in [1.807, 2.05) is 24.3 Å². The van der Waals surface area contributed by atoms with Gasteiger partial charge in [-0.3, -0.25) is 4.79 Å². The van der Waals surface area contributed by atoms with Crippen LogP contribution in [0.15, 0.2) is 24.3 Å². The lowest BCUT2D eigenvalue weighted by Crippen LogP contribution is -2.43. The van der Waals surface area contributed by atoms with Gasteiger partial charge in [0.25, 0.3) is 0 Å². The van der Waals surface area contributed by atoms with Crippen LogP contribution in [0.1, 0.15) is 0 Å². The molecule has 0 spiro atoms. The van der Waals surface area contributed by atoms with E-state index in [9.17, 15) is 4.79 Å². The lowest BCUT2D eigenvalue weighted by atomic mass is 10.2. The van der Waals surface area contributed by atoms with E-state index in [1.54, 1.807) is 7.11 Å². The van der Waals surface area contributed by atoms with Gasteiger partial charge in [0, 0.05) is 13.7 Å². The molecule has 0 fully saturated rings. The number of nitrogens with one attached hydrogen (secondary N) is 2. The van der Waals surface area contributed by atoms with Gasteiger partial charge in [0.05, 0.1) is 19.7 Å². The first-order valence-corrected chi connectivity index (χ1v) is 6.64. The largest absolute Gasteiger partial charge is 0.486 e. The zero-order valence-electron chi connectivity index (χ0n) is 11.6. The Balaban J connectivity index is 1.67. The van der Waals surface area contributed by atoms with Crippen molar-refractivity contribution >= 4 is 5.91 Å². The molecular formula is C14H20N2O4. The van der Waals surface area contributed by atoms with Crippen LogP contribution in [0, 0.1) is 0 Å². The highest BCUT2D eigenvalue weighted by atomic mass is 16.6. The second kappa shape index (κ2) is 7.72. The molecule has 2 N–H and O–H groups in total. The molecule has 1 aromatic rings. The lowest BCUT2D eigenvalue weighted by Gasteiger charge is -2.26. The zero-order chi connectivity index (χ0) is 14.2. The predicted molar refractivity (Wildman–Crippen MR) is 74.1 cm³/mol. The maximum Gasteiger partial charge on any atom is 0.234 e. The van der Waals surface area contributed by atoms with E-state index in [4.69, 9.17) is 14.2 Å². The van der Waals surface area contributed by atoms with Crippen LogP contribution < -0.4 is 20.1 Å². The molecule has 0 saturated heterocycles. The van der Waals surface area contributed by atoms with Gasteiger partial charge in [-0.15, -0.1) is 0 Å². The number of hydrogen-bond donors (Lipinski definition) is 2. The molecular weight excluding hydrogens is 260 g/mol. The van der Waals surface area contributed by atoms with E-state index in [1.165, 1.54) is 0 Å². The van der Waals surface area contributed by atoms with Crippen molar-refractivity contribution < 1.29 is 19.0 Å². The molecule has 110 valence electrons. The summed E-state index contributed by atoms with van der Waals surface area (Å²) in [6.07, 6.45) is -0.159. The van der Waals surface area contributed by atoms with Crippen molar-refractivity contribution in [2.75, 3.05) is 40.0 Å². The van der Waals surface area contributed by atoms with Gasteiger partial charge >= 0.3 is 0 Å². The number of rotatable bonds is 7. The average Bonchev–Trinajstić information content (AvgIpc) is 2.49. The first kappa shape index (κ1) is 14.6. The third kappa shape index (κ3) is 4.40. The molecule has 0 aromatic heterocycles. The van der Waals surface area contributed by atoms with E-state index in [0.29, 0.717) is 26.3 Å². The summed E-state index contributed by atoms with van der Waals surface area (Å²) in [6, 6.07) is 7.51. The van der Waals surface area contributed by atoms with Crippen molar-refractivity contribution in [3.63, 3.8) is 0 Å². The molecule has 1 aromatic carbocycles. The Kier molecular flexibility index (Phi) is 5.64. The summed E-state index contributed by atoms with van der Waals surface area (Å²) in [5, 5.41) is 5.79. The average molecular weight is 280 g/mol. The van der Waals surface area contributed by atoms with E-state index in [-0.39, 0.29) is 18.6 Å². The normalized spacial score (nSPS) is 16.8. The van der Waals surface area contributed by atoms with Crippen molar-refractivity contribution in [2.24, 2.45) is 0 Å². The van der Waals surface area contributed by atoms with Crippen LogP contribution in [0.2, 0.25) is 0 Å². The fraction of sp³-hybridized carbons (Fsp3) is 0.500.